The van der Waals surface area contributed by atoms with Gasteiger partial charge in [-0.3, -0.25) is 9.69 Å². The van der Waals surface area contributed by atoms with Crippen molar-refractivity contribution in [2.45, 2.75) is 26.7 Å². The smallest absolute Gasteiger partial charge is 0.265 e. The topological polar surface area (TPSA) is 38.8 Å². The SMILES string of the molecule is Cc1ccc(C(C)C)c(OCCOc2cccc(/C=C3\SC(=S)N(C)C3=O)c2)c1. The van der Waals surface area contributed by atoms with Gasteiger partial charge in [0.05, 0.1) is 4.91 Å². The van der Waals surface area contributed by atoms with Crippen molar-refractivity contribution in [1.82, 2.24) is 4.90 Å². The van der Waals surface area contributed by atoms with Crippen LogP contribution in [0, 0.1) is 6.92 Å². The highest BCUT2D eigenvalue weighted by Gasteiger charge is 2.28. The lowest BCUT2D eigenvalue weighted by Crippen LogP contribution is -2.22. The summed E-state index contributed by atoms with van der Waals surface area (Å²) in [4.78, 5) is 14.3. The minimum atomic E-state index is -0.0705. The summed E-state index contributed by atoms with van der Waals surface area (Å²) in [5, 5.41) is 0. The van der Waals surface area contributed by atoms with Gasteiger partial charge in [-0.1, -0.05) is 62.1 Å². The monoisotopic (exact) mass is 427 g/mol. The average Bonchev–Trinajstić information content (AvgIpc) is 2.92. The van der Waals surface area contributed by atoms with Gasteiger partial charge < -0.3 is 9.47 Å². The van der Waals surface area contributed by atoms with Gasteiger partial charge in [0.15, 0.2) is 0 Å². The van der Waals surface area contributed by atoms with Crippen molar-refractivity contribution in [1.29, 1.82) is 0 Å². The van der Waals surface area contributed by atoms with E-state index in [1.54, 1.807) is 7.05 Å². The summed E-state index contributed by atoms with van der Waals surface area (Å²) in [6, 6.07) is 14.0. The molecule has 0 radical (unpaired) electrons. The van der Waals surface area contributed by atoms with Crippen molar-refractivity contribution in [2.75, 3.05) is 20.3 Å². The molecule has 1 aliphatic rings. The predicted molar refractivity (Wildman–Crippen MR) is 124 cm³/mol. The zero-order valence-corrected chi connectivity index (χ0v) is 18.7. The number of thiocarbonyl (C=S) groups is 1. The molecular weight excluding hydrogens is 402 g/mol. The number of hydrogen-bond donors (Lipinski definition) is 0. The van der Waals surface area contributed by atoms with Crippen molar-refractivity contribution in [3.63, 3.8) is 0 Å². The molecule has 1 fully saturated rings. The first-order valence-corrected chi connectivity index (χ1v) is 10.8. The molecule has 1 amide bonds. The molecule has 0 atom stereocenters. The molecule has 1 heterocycles. The Morgan fingerprint density at radius 3 is 2.59 bits per heavy atom. The number of likely N-dealkylation sites (N-methyl/N-ethyl adjacent to an activating group) is 1. The van der Waals surface area contributed by atoms with Gasteiger partial charge in [-0.05, 0) is 53.8 Å². The molecule has 152 valence electrons. The van der Waals surface area contributed by atoms with Crippen LogP contribution in [0.1, 0.15) is 36.5 Å². The third kappa shape index (κ3) is 5.40. The fourth-order valence-electron chi connectivity index (χ4n) is 2.95. The van der Waals surface area contributed by atoms with Gasteiger partial charge in [0.1, 0.15) is 29.0 Å². The number of carbonyl (C=O) groups is 1. The second-order valence-corrected chi connectivity index (χ2v) is 8.88. The summed E-state index contributed by atoms with van der Waals surface area (Å²) >= 11 is 6.48. The van der Waals surface area contributed by atoms with Crippen LogP contribution in [-0.2, 0) is 4.79 Å². The maximum atomic E-state index is 12.2. The van der Waals surface area contributed by atoms with E-state index in [-0.39, 0.29) is 5.91 Å². The van der Waals surface area contributed by atoms with Crippen LogP contribution in [0.3, 0.4) is 0 Å². The summed E-state index contributed by atoms with van der Waals surface area (Å²) in [7, 11) is 1.69. The van der Waals surface area contributed by atoms with Crippen molar-refractivity contribution in [3.8, 4) is 11.5 Å². The number of rotatable bonds is 7. The largest absolute Gasteiger partial charge is 0.490 e. The summed E-state index contributed by atoms with van der Waals surface area (Å²) in [5.41, 5.74) is 3.28. The number of ether oxygens (including phenoxy) is 2. The Balaban J connectivity index is 1.59. The van der Waals surface area contributed by atoms with E-state index in [1.807, 2.05) is 30.3 Å². The first-order chi connectivity index (χ1) is 13.8. The maximum absolute atomic E-state index is 12.2. The molecule has 0 aliphatic carbocycles. The zero-order chi connectivity index (χ0) is 21.0. The van der Waals surface area contributed by atoms with Crippen LogP contribution in [-0.4, -0.2) is 35.4 Å². The molecule has 4 nitrogen and oxygen atoms in total. The maximum Gasteiger partial charge on any atom is 0.265 e. The third-order valence-electron chi connectivity index (χ3n) is 4.54. The second kappa shape index (κ2) is 9.46. The molecule has 0 aromatic heterocycles. The van der Waals surface area contributed by atoms with Crippen molar-refractivity contribution >= 4 is 40.3 Å². The lowest BCUT2D eigenvalue weighted by atomic mass is 10.0. The number of carbonyl (C=O) groups excluding carboxylic acids is 1. The number of hydrogen-bond acceptors (Lipinski definition) is 5. The first-order valence-electron chi connectivity index (χ1n) is 9.53. The third-order valence-corrected chi connectivity index (χ3v) is 6.03. The summed E-state index contributed by atoms with van der Waals surface area (Å²) in [6.07, 6.45) is 1.84. The number of thioether (sulfide) groups is 1. The molecule has 0 N–H and O–H groups in total. The molecule has 2 aromatic carbocycles. The Kier molecular flexibility index (Phi) is 6.98. The number of aryl methyl sites for hydroxylation is 1. The van der Waals surface area contributed by atoms with Gasteiger partial charge in [-0.2, -0.15) is 0 Å². The fourth-order valence-corrected chi connectivity index (χ4v) is 4.13. The highest BCUT2D eigenvalue weighted by Crippen LogP contribution is 2.32. The lowest BCUT2D eigenvalue weighted by molar-refractivity contribution is -0.121. The molecule has 0 unspecified atom stereocenters. The molecular formula is C23H25NO3S2. The first kappa shape index (κ1) is 21.4. The van der Waals surface area contributed by atoms with E-state index < -0.39 is 0 Å². The van der Waals surface area contributed by atoms with Crippen molar-refractivity contribution in [2.24, 2.45) is 0 Å². The second-order valence-electron chi connectivity index (χ2n) is 7.21. The molecule has 0 spiro atoms. The minimum Gasteiger partial charge on any atom is -0.490 e. The highest BCUT2D eigenvalue weighted by atomic mass is 32.2. The Morgan fingerprint density at radius 1 is 1.14 bits per heavy atom. The van der Waals surface area contributed by atoms with E-state index in [2.05, 4.69) is 39.0 Å². The molecule has 2 aromatic rings. The number of nitrogens with zero attached hydrogens (tertiary/aromatic N) is 1. The summed E-state index contributed by atoms with van der Waals surface area (Å²) < 4.78 is 12.4. The Bertz CT molecular complexity index is 953. The van der Waals surface area contributed by atoms with Crippen LogP contribution in [0.15, 0.2) is 47.4 Å². The summed E-state index contributed by atoms with van der Waals surface area (Å²) in [5.74, 6) is 1.99. The van der Waals surface area contributed by atoms with Crippen LogP contribution in [0.4, 0.5) is 0 Å². The fraction of sp³-hybridized carbons (Fsp3) is 0.304. The standard InChI is InChI=1S/C23H25NO3S2/c1-15(2)19-9-8-16(3)12-20(19)27-11-10-26-18-7-5-6-17(13-18)14-21-22(25)24(4)23(28)29-21/h5-9,12-15H,10-11H2,1-4H3/b21-14-. The van der Waals surface area contributed by atoms with Gasteiger partial charge >= 0.3 is 0 Å². The molecule has 3 rings (SSSR count). The summed E-state index contributed by atoms with van der Waals surface area (Å²) in [6.45, 7) is 7.27. The van der Waals surface area contributed by atoms with E-state index in [9.17, 15) is 4.79 Å². The highest BCUT2D eigenvalue weighted by molar-refractivity contribution is 8.26. The van der Waals surface area contributed by atoms with Crippen LogP contribution >= 0.6 is 24.0 Å². The Labute approximate surface area is 181 Å². The number of amides is 1. The van der Waals surface area contributed by atoms with Gasteiger partial charge in [0.2, 0.25) is 0 Å². The zero-order valence-electron chi connectivity index (χ0n) is 17.1. The Morgan fingerprint density at radius 2 is 1.90 bits per heavy atom. The van der Waals surface area contributed by atoms with Crippen molar-refractivity contribution in [3.05, 3.63) is 64.1 Å². The Hall–Kier alpha value is -2.31. The van der Waals surface area contributed by atoms with Gasteiger partial charge in [0.25, 0.3) is 5.91 Å². The van der Waals surface area contributed by atoms with E-state index in [0.29, 0.717) is 28.4 Å². The predicted octanol–water partition coefficient (Wildman–Crippen LogP) is 5.41. The van der Waals surface area contributed by atoms with Crippen LogP contribution < -0.4 is 9.47 Å². The molecule has 1 saturated heterocycles. The van der Waals surface area contributed by atoms with E-state index >= 15 is 0 Å². The van der Waals surface area contributed by atoms with Crippen LogP contribution in [0.25, 0.3) is 6.08 Å². The van der Waals surface area contributed by atoms with E-state index in [0.717, 1.165) is 17.1 Å². The quantitative estimate of drug-likeness (QED) is 0.336. The van der Waals surface area contributed by atoms with Crippen LogP contribution in [0.5, 0.6) is 11.5 Å². The van der Waals surface area contributed by atoms with Crippen molar-refractivity contribution < 1.29 is 14.3 Å². The molecule has 6 heteroatoms. The minimum absolute atomic E-state index is 0.0705. The van der Waals surface area contributed by atoms with E-state index in [4.69, 9.17) is 21.7 Å². The molecule has 29 heavy (non-hydrogen) atoms. The van der Waals surface area contributed by atoms with Gasteiger partial charge in [0, 0.05) is 7.05 Å². The normalized spacial score (nSPS) is 15.5. The van der Waals surface area contributed by atoms with E-state index in [1.165, 1.54) is 27.8 Å². The average molecular weight is 428 g/mol. The molecule has 0 saturated carbocycles. The van der Waals surface area contributed by atoms with Crippen LogP contribution in [0.2, 0.25) is 0 Å². The molecule has 0 bridgehead atoms. The lowest BCUT2D eigenvalue weighted by Gasteiger charge is -2.15. The molecule has 1 aliphatic heterocycles. The van der Waals surface area contributed by atoms with Gasteiger partial charge in [-0.25, -0.2) is 0 Å². The number of benzene rings is 2. The van der Waals surface area contributed by atoms with Gasteiger partial charge in [-0.15, -0.1) is 0 Å².